The van der Waals surface area contributed by atoms with E-state index >= 15 is 0 Å². The summed E-state index contributed by atoms with van der Waals surface area (Å²) in [6.07, 6.45) is 0. The smallest absolute Gasteiger partial charge is 0.375 e. The van der Waals surface area contributed by atoms with Crippen molar-refractivity contribution in [1.82, 2.24) is 4.98 Å². The highest BCUT2D eigenvalue weighted by Gasteiger charge is 2.23. The van der Waals surface area contributed by atoms with Crippen molar-refractivity contribution >= 4 is 16.6 Å². The van der Waals surface area contributed by atoms with Crippen molar-refractivity contribution in [3.8, 4) is 5.75 Å². The molecular formula is C9H4F2N2O4. The molecule has 0 bridgehead atoms. The van der Waals surface area contributed by atoms with Gasteiger partial charge < -0.3 is 10.1 Å². The Bertz CT molecular complexity index is 695. The number of hydrogen-bond acceptors (Lipinski definition) is 4. The van der Waals surface area contributed by atoms with Crippen LogP contribution in [0.5, 0.6) is 5.75 Å². The minimum atomic E-state index is -1.28. The van der Waals surface area contributed by atoms with Crippen LogP contribution in [0.3, 0.4) is 0 Å². The van der Waals surface area contributed by atoms with Gasteiger partial charge in [0, 0.05) is 6.07 Å². The molecule has 0 aliphatic rings. The predicted molar refractivity (Wildman–Crippen MR) is 52.8 cm³/mol. The molecule has 0 saturated carbocycles. The van der Waals surface area contributed by atoms with Crippen LogP contribution >= 0.6 is 0 Å². The molecule has 0 unspecified atom stereocenters. The summed E-state index contributed by atoms with van der Waals surface area (Å²) in [4.78, 5) is 22.6. The molecule has 1 heterocycles. The van der Waals surface area contributed by atoms with Gasteiger partial charge in [-0.05, 0) is 6.07 Å². The SMILES string of the molecule is O=c1[nH]c2cc(F)c(F)cc2c(O)c1[N+](=O)[O-]. The number of aromatic hydroxyl groups is 1. The van der Waals surface area contributed by atoms with Gasteiger partial charge >= 0.3 is 11.2 Å². The van der Waals surface area contributed by atoms with Crippen LogP contribution in [0.25, 0.3) is 10.9 Å². The summed E-state index contributed by atoms with van der Waals surface area (Å²) in [6, 6.07) is 1.21. The van der Waals surface area contributed by atoms with Crippen LogP contribution in [0.15, 0.2) is 16.9 Å². The zero-order chi connectivity index (χ0) is 12.7. The summed E-state index contributed by atoms with van der Waals surface area (Å²) in [5.74, 6) is -3.51. The quantitative estimate of drug-likeness (QED) is 0.583. The van der Waals surface area contributed by atoms with E-state index in [1.165, 1.54) is 0 Å². The van der Waals surface area contributed by atoms with E-state index in [0.717, 1.165) is 0 Å². The monoisotopic (exact) mass is 242 g/mol. The van der Waals surface area contributed by atoms with E-state index in [2.05, 4.69) is 0 Å². The molecule has 0 fully saturated rings. The lowest BCUT2D eigenvalue weighted by Gasteiger charge is -2.02. The standard InChI is InChI=1S/C9H4F2N2O4/c10-4-1-3-6(2-5(4)11)12-9(15)7(8(3)14)13(16)17/h1-2H,(H2,12,14,15). The van der Waals surface area contributed by atoms with Crippen LogP contribution in [0.4, 0.5) is 14.5 Å². The maximum atomic E-state index is 12.9. The van der Waals surface area contributed by atoms with Crippen molar-refractivity contribution < 1.29 is 18.8 Å². The van der Waals surface area contributed by atoms with Gasteiger partial charge in [0.25, 0.3) is 0 Å². The molecule has 0 radical (unpaired) electrons. The largest absolute Gasteiger partial charge is 0.501 e. The van der Waals surface area contributed by atoms with Crippen molar-refractivity contribution in [3.63, 3.8) is 0 Å². The van der Waals surface area contributed by atoms with Crippen molar-refractivity contribution in [1.29, 1.82) is 0 Å². The van der Waals surface area contributed by atoms with Gasteiger partial charge in [0.1, 0.15) is 0 Å². The Balaban J connectivity index is 2.97. The van der Waals surface area contributed by atoms with E-state index in [0.29, 0.717) is 12.1 Å². The summed E-state index contributed by atoms with van der Waals surface area (Å²) in [5, 5.41) is 19.6. The molecule has 0 spiro atoms. The molecule has 1 aromatic carbocycles. The fraction of sp³-hybridized carbons (Fsp3) is 0. The van der Waals surface area contributed by atoms with Crippen molar-refractivity contribution in [3.05, 3.63) is 44.2 Å². The number of nitrogens with one attached hydrogen (secondary N) is 1. The molecular weight excluding hydrogens is 238 g/mol. The lowest BCUT2D eigenvalue weighted by molar-refractivity contribution is -0.387. The first kappa shape index (κ1) is 11.0. The molecule has 0 aliphatic carbocycles. The third-order valence-electron chi connectivity index (χ3n) is 2.19. The number of pyridine rings is 1. The molecule has 2 rings (SSSR count). The number of halogens is 2. The number of hydrogen-bond donors (Lipinski definition) is 2. The molecule has 6 nitrogen and oxygen atoms in total. The Morgan fingerprint density at radius 2 is 1.88 bits per heavy atom. The molecule has 2 aromatic rings. The lowest BCUT2D eigenvalue weighted by atomic mass is 10.2. The number of H-pyrrole nitrogens is 1. The highest BCUT2D eigenvalue weighted by molar-refractivity contribution is 5.88. The average molecular weight is 242 g/mol. The second kappa shape index (κ2) is 3.51. The Morgan fingerprint density at radius 3 is 2.47 bits per heavy atom. The molecule has 0 atom stereocenters. The number of rotatable bonds is 1. The first-order valence-electron chi connectivity index (χ1n) is 4.30. The van der Waals surface area contributed by atoms with Crippen LogP contribution in [0.1, 0.15) is 0 Å². The Labute approximate surface area is 91.3 Å². The molecule has 2 N–H and O–H groups in total. The van der Waals surface area contributed by atoms with E-state index in [1.807, 2.05) is 4.98 Å². The Kier molecular flexibility index (Phi) is 2.27. The van der Waals surface area contributed by atoms with Crippen molar-refractivity contribution in [2.75, 3.05) is 0 Å². The highest BCUT2D eigenvalue weighted by atomic mass is 19.2. The number of nitrogens with zero attached hydrogens (tertiary/aromatic N) is 1. The second-order valence-electron chi connectivity index (χ2n) is 3.22. The van der Waals surface area contributed by atoms with Gasteiger partial charge in [-0.25, -0.2) is 8.78 Å². The van der Waals surface area contributed by atoms with Gasteiger partial charge in [0.2, 0.25) is 5.75 Å². The Morgan fingerprint density at radius 1 is 1.29 bits per heavy atom. The second-order valence-corrected chi connectivity index (χ2v) is 3.22. The summed E-state index contributed by atoms with van der Waals surface area (Å²) in [5.41, 5.74) is -2.52. The van der Waals surface area contributed by atoms with Crippen LogP contribution in [-0.2, 0) is 0 Å². The topological polar surface area (TPSA) is 96.2 Å². The third kappa shape index (κ3) is 1.59. The maximum Gasteiger partial charge on any atom is 0.375 e. The third-order valence-corrected chi connectivity index (χ3v) is 2.19. The number of fused-ring (bicyclic) bond motifs is 1. The highest BCUT2D eigenvalue weighted by Crippen LogP contribution is 2.30. The maximum absolute atomic E-state index is 12.9. The molecule has 0 aliphatic heterocycles. The molecule has 88 valence electrons. The molecule has 1 aromatic heterocycles. The minimum absolute atomic E-state index is 0.225. The zero-order valence-corrected chi connectivity index (χ0v) is 8.03. The molecule has 0 amide bonds. The lowest BCUT2D eigenvalue weighted by Crippen LogP contribution is -2.12. The van der Waals surface area contributed by atoms with Gasteiger partial charge in [-0.3, -0.25) is 14.9 Å². The fourth-order valence-electron chi connectivity index (χ4n) is 1.43. The number of benzene rings is 1. The normalized spacial score (nSPS) is 10.7. The first-order valence-corrected chi connectivity index (χ1v) is 4.30. The summed E-state index contributed by atoms with van der Waals surface area (Å²) in [6.45, 7) is 0. The van der Waals surface area contributed by atoms with Gasteiger partial charge in [-0.2, -0.15) is 0 Å². The molecule has 8 heteroatoms. The van der Waals surface area contributed by atoms with Crippen LogP contribution < -0.4 is 5.56 Å². The van der Waals surface area contributed by atoms with Crippen LogP contribution in [0, 0.1) is 21.7 Å². The van der Waals surface area contributed by atoms with E-state index < -0.39 is 33.6 Å². The summed E-state index contributed by atoms with van der Waals surface area (Å²) >= 11 is 0. The average Bonchev–Trinajstić information content (AvgIpc) is 2.21. The number of aromatic nitrogens is 1. The Hall–Kier alpha value is -2.51. The van der Waals surface area contributed by atoms with Crippen molar-refractivity contribution in [2.45, 2.75) is 0 Å². The van der Waals surface area contributed by atoms with Gasteiger partial charge in [-0.1, -0.05) is 0 Å². The first-order chi connectivity index (χ1) is 7.91. The zero-order valence-electron chi connectivity index (χ0n) is 8.03. The number of nitro groups is 1. The van der Waals surface area contributed by atoms with E-state index in [-0.39, 0.29) is 10.9 Å². The molecule has 0 saturated heterocycles. The van der Waals surface area contributed by atoms with E-state index in [4.69, 9.17) is 0 Å². The summed E-state index contributed by atoms with van der Waals surface area (Å²) < 4.78 is 25.8. The van der Waals surface area contributed by atoms with Crippen molar-refractivity contribution in [2.24, 2.45) is 0 Å². The van der Waals surface area contributed by atoms with Crippen LogP contribution in [0.2, 0.25) is 0 Å². The van der Waals surface area contributed by atoms with Crippen LogP contribution in [-0.4, -0.2) is 15.0 Å². The van der Waals surface area contributed by atoms with Gasteiger partial charge in [-0.15, -0.1) is 0 Å². The van der Waals surface area contributed by atoms with Gasteiger partial charge in [0.15, 0.2) is 11.6 Å². The number of aromatic amines is 1. The van der Waals surface area contributed by atoms with E-state index in [9.17, 15) is 28.8 Å². The van der Waals surface area contributed by atoms with Gasteiger partial charge in [0.05, 0.1) is 15.8 Å². The predicted octanol–water partition coefficient (Wildman–Crippen LogP) is 1.42. The molecule has 17 heavy (non-hydrogen) atoms. The summed E-state index contributed by atoms with van der Waals surface area (Å²) in [7, 11) is 0. The fourth-order valence-corrected chi connectivity index (χ4v) is 1.43. The minimum Gasteiger partial charge on any atom is -0.501 e. The van der Waals surface area contributed by atoms with E-state index in [1.54, 1.807) is 0 Å².